The number of rotatable bonds is 2. The minimum absolute atomic E-state index is 0.172. The molecule has 2 N–H and O–H groups in total. The van der Waals surface area contributed by atoms with E-state index in [0.717, 1.165) is 23.4 Å². The number of benzene rings is 1. The molecule has 1 aromatic carbocycles. The van der Waals surface area contributed by atoms with Crippen molar-refractivity contribution in [2.24, 2.45) is 0 Å². The second-order valence-electron chi connectivity index (χ2n) is 5.73. The van der Waals surface area contributed by atoms with E-state index >= 15 is 0 Å². The molecule has 1 saturated heterocycles. The molecule has 22 heavy (non-hydrogen) atoms. The SMILES string of the molecule is Cc1cccc(C2NNCC2c2ccnc3ccccc23)n1. The van der Waals surface area contributed by atoms with E-state index in [-0.39, 0.29) is 6.04 Å². The summed E-state index contributed by atoms with van der Waals surface area (Å²) in [6.45, 7) is 2.91. The Morgan fingerprint density at radius 3 is 2.86 bits per heavy atom. The van der Waals surface area contributed by atoms with Crippen LogP contribution in [0.2, 0.25) is 0 Å². The summed E-state index contributed by atoms with van der Waals surface area (Å²) in [5.74, 6) is 0.335. The van der Waals surface area contributed by atoms with Gasteiger partial charge in [0.05, 0.1) is 17.3 Å². The molecule has 4 heteroatoms. The summed E-state index contributed by atoms with van der Waals surface area (Å²) in [6, 6.07) is 16.8. The molecule has 0 saturated carbocycles. The average Bonchev–Trinajstić information content (AvgIpc) is 3.04. The molecule has 4 nitrogen and oxygen atoms in total. The Kier molecular flexibility index (Phi) is 3.33. The number of hydrogen-bond donors (Lipinski definition) is 2. The second-order valence-corrected chi connectivity index (χ2v) is 5.73. The van der Waals surface area contributed by atoms with Crippen LogP contribution in [0.15, 0.2) is 54.7 Å². The van der Waals surface area contributed by atoms with E-state index < -0.39 is 0 Å². The number of hydrazine groups is 1. The summed E-state index contributed by atoms with van der Waals surface area (Å²) < 4.78 is 0. The number of fused-ring (bicyclic) bond motifs is 1. The molecule has 2 unspecified atom stereocenters. The Hall–Kier alpha value is -2.30. The fourth-order valence-corrected chi connectivity index (χ4v) is 3.25. The molecule has 1 aliphatic heterocycles. The van der Waals surface area contributed by atoms with Crippen molar-refractivity contribution in [2.45, 2.75) is 18.9 Å². The first-order chi connectivity index (χ1) is 10.8. The van der Waals surface area contributed by atoms with E-state index in [4.69, 9.17) is 4.98 Å². The van der Waals surface area contributed by atoms with Crippen molar-refractivity contribution in [3.05, 3.63) is 71.7 Å². The summed E-state index contributed by atoms with van der Waals surface area (Å²) in [7, 11) is 0. The first-order valence-electron chi connectivity index (χ1n) is 7.58. The number of para-hydroxylation sites is 1. The van der Waals surface area contributed by atoms with Gasteiger partial charge in [-0.1, -0.05) is 24.3 Å². The molecule has 0 aliphatic carbocycles. The van der Waals surface area contributed by atoms with Crippen LogP contribution in [-0.2, 0) is 0 Å². The van der Waals surface area contributed by atoms with E-state index in [1.54, 1.807) is 0 Å². The first kappa shape index (κ1) is 13.4. The number of aryl methyl sites for hydroxylation is 1. The van der Waals surface area contributed by atoms with Crippen LogP contribution in [0.5, 0.6) is 0 Å². The van der Waals surface area contributed by atoms with Crippen molar-refractivity contribution in [3.63, 3.8) is 0 Å². The van der Waals surface area contributed by atoms with Gasteiger partial charge < -0.3 is 0 Å². The molecule has 0 radical (unpaired) electrons. The summed E-state index contributed by atoms with van der Waals surface area (Å²) in [4.78, 5) is 9.16. The van der Waals surface area contributed by atoms with Gasteiger partial charge in [-0.2, -0.15) is 0 Å². The molecule has 110 valence electrons. The van der Waals surface area contributed by atoms with Crippen molar-refractivity contribution < 1.29 is 0 Å². The standard InChI is InChI=1S/C18H18N4/c1-12-5-4-8-17(21-12)18-15(11-20-22-18)13-9-10-19-16-7-3-2-6-14(13)16/h2-10,15,18,20,22H,11H2,1H3. The van der Waals surface area contributed by atoms with Gasteiger partial charge in [0.25, 0.3) is 0 Å². The maximum absolute atomic E-state index is 4.69. The summed E-state index contributed by atoms with van der Waals surface area (Å²) >= 11 is 0. The highest BCUT2D eigenvalue weighted by molar-refractivity contribution is 5.82. The zero-order chi connectivity index (χ0) is 14.9. The molecule has 0 amide bonds. The van der Waals surface area contributed by atoms with Crippen molar-refractivity contribution >= 4 is 10.9 Å². The van der Waals surface area contributed by atoms with Gasteiger partial charge in [0, 0.05) is 29.7 Å². The Labute approximate surface area is 129 Å². The predicted molar refractivity (Wildman–Crippen MR) is 87.3 cm³/mol. The Bertz CT molecular complexity index is 810. The van der Waals surface area contributed by atoms with Gasteiger partial charge in [-0.05, 0) is 36.8 Å². The normalized spacial score (nSPS) is 21.3. The molecule has 3 aromatic rings. The summed E-state index contributed by atoms with van der Waals surface area (Å²) in [6.07, 6.45) is 1.90. The molecule has 4 rings (SSSR count). The highest BCUT2D eigenvalue weighted by atomic mass is 15.4. The van der Waals surface area contributed by atoms with E-state index in [1.165, 1.54) is 10.9 Å². The monoisotopic (exact) mass is 290 g/mol. The minimum Gasteiger partial charge on any atom is -0.257 e. The van der Waals surface area contributed by atoms with Crippen LogP contribution >= 0.6 is 0 Å². The van der Waals surface area contributed by atoms with Gasteiger partial charge in [0.2, 0.25) is 0 Å². The topological polar surface area (TPSA) is 49.8 Å². The van der Waals surface area contributed by atoms with Gasteiger partial charge in [-0.3, -0.25) is 15.4 Å². The molecular formula is C18H18N4. The fourth-order valence-electron chi connectivity index (χ4n) is 3.25. The van der Waals surface area contributed by atoms with Crippen molar-refractivity contribution in [1.29, 1.82) is 0 Å². The van der Waals surface area contributed by atoms with E-state index in [9.17, 15) is 0 Å². The number of nitrogens with one attached hydrogen (secondary N) is 2. The third-order valence-corrected chi connectivity index (χ3v) is 4.29. The van der Waals surface area contributed by atoms with Crippen LogP contribution in [0.25, 0.3) is 10.9 Å². The molecule has 2 aromatic heterocycles. The lowest BCUT2D eigenvalue weighted by Crippen LogP contribution is -2.25. The highest BCUT2D eigenvalue weighted by Gasteiger charge is 2.31. The van der Waals surface area contributed by atoms with Crippen LogP contribution in [0.3, 0.4) is 0 Å². The largest absolute Gasteiger partial charge is 0.257 e. The van der Waals surface area contributed by atoms with E-state index in [2.05, 4.69) is 52.2 Å². The Morgan fingerprint density at radius 2 is 1.95 bits per heavy atom. The number of pyridine rings is 2. The number of aromatic nitrogens is 2. The van der Waals surface area contributed by atoms with Gasteiger partial charge in [-0.25, -0.2) is 5.43 Å². The van der Waals surface area contributed by atoms with Gasteiger partial charge in [0.1, 0.15) is 0 Å². The molecule has 1 aliphatic rings. The van der Waals surface area contributed by atoms with Gasteiger partial charge >= 0.3 is 0 Å². The molecular weight excluding hydrogens is 272 g/mol. The Balaban J connectivity index is 1.80. The lowest BCUT2D eigenvalue weighted by molar-refractivity contribution is 0.541. The lowest BCUT2D eigenvalue weighted by Gasteiger charge is -2.20. The molecule has 0 spiro atoms. The van der Waals surface area contributed by atoms with Gasteiger partial charge in [0.15, 0.2) is 0 Å². The highest BCUT2D eigenvalue weighted by Crippen LogP contribution is 2.35. The van der Waals surface area contributed by atoms with E-state index in [0.29, 0.717) is 5.92 Å². The second kappa shape index (κ2) is 5.48. The smallest absolute Gasteiger partial charge is 0.0716 e. The fraction of sp³-hybridized carbons (Fsp3) is 0.222. The average molecular weight is 290 g/mol. The maximum atomic E-state index is 4.69. The molecule has 3 heterocycles. The molecule has 2 atom stereocenters. The predicted octanol–water partition coefficient (Wildman–Crippen LogP) is 2.87. The third kappa shape index (κ3) is 2.26. The van der Waals surface area contributed by atoms with Crippen LogP contribution in [0, 0.1) is 6.92 Å². The summed E-state index contributed by atoms with van der Waals surface area (Å²) in [5, 5.41) is 1.22. The number of hydrogen-bond acceptors (Lipinski definition) is 4. The van der Waals surface area contributed by atoms with Crippen LogP contribution in [0.1, 0.15) is 28.9 Å². The first-order valence-corrected chi connectivity index (χ1v) is 7.58. The number of nitrogens with zero attached hydrogens (tertiary/aromatic N) is 2. The van der Waals surface area contributed by atoms with Crippen LogP contribution < -0.4 is 10.9 Å². The van der Waals surface area contributed by atoms with Crippen molar-refractivity contribution in [1.82, 2.24) is 20.8 Å². The maximum Gasteiger partial charge on any atom is 0.0716 e. The quantitative estimate of drug-likeness (QED) is 0.762. The zero-order valence-corrected chi connectivity index (χ0v) is 12.5. The summed E-state index contributed by atoms with van der Waals surface area (Å²) in [5.41, 5.74) is 11.2. The van der Waals surface area contributed by atoms with Crippen molar-refractivity contribution in [3.8, 4) is 0 Å². The van der Waals surface area contributed by atoms with Crippen LogP contribution in [0.4, 0.5) is 0 Å². The Morgan fingerprint density at radius 1 is 1.05 bits per heavy atom. The lowest BCUT2D eigenvalue weighted by atomic mass is 9.89. The molecule has 0 bridgehead atoms. The van der Waals surface area contributed by atoms with Crippen LogP contribution in [-0.4, -0.2) is 16.5 Å². The van der Waals surface area contributed by atoms with Gasteiger partial charge in [-0.15, -0.1) is 0 Å². The third-order valence-electron chi connectivity index (χ3n) is 4.29. The minimum atomic E-state index is 0.172. The zero-order valence-electron chi connectivity index (χ0n) is 12.5. The van der Waals surface area contributed by atoms with Crippen molar-refractivity contribution in [2.75, 3.05) is 6.54 Å². The van der Waals surface area contributed by atoms with E-state index in [1.807, 2.05) is 25.3 Å². The molecule has 1 fully saturated rings.